The Balaban J connectivity index is 1.84. The molecule has 0 spiro atoms. The molecule has 4 heteroatoms. The normalized spacial score (nSPS) is 33.0. The number of aliphatic hydroxyl groups is 1. The molecular weight excluding hydrogens is 268 g/mol. The zero-order valence-electron chi connectivity index (χ0n) is 11.9. The summed E-state index contributed by atoms with van der Waals surface area (Å²) in [6.07, 6.45) is 3.50. The second-order valence-corrected chi connectivity index (χ2v) is 5.81. The van der Waals surface area contributed by atoms with Gasteiger partial charge >= 0.3 is 0 Å². The van der Waals surface area contributed by atoms with E-state index in [-0.39, 0.29) is 35.6 Å². The van der Waals surface area contributed by atoms with Crippen molar-refractivity contribution in [3.63, 3.8) is 0 Å². The maximum absolute atomic E-state index is 12.8. The lowest BCUT2D eigenvalue weighted by molar-refractivity contribution is -0.118. The molecule has 3 aliphatic rings. The zero-order chi connectivity index (χ0) is 14.7. The van der Waals surface area contributed by atoms with Crippen LogP contribution in [0, 0.1) is 18.8 Å². The van der Waals surface area contributed by atoms with Crippen molar-refractivity contribution in [3.05, 3.63) is 47.2 Å². The monoisotopic (exact) mass is 284 g/mol. The minimum atomic E-state index is -0.277. The number of allylic oxidation sites excluding steroid dienone is 1. The van der Waals surface area contributed by atoms with Gasteiger partial charge in [0.1, 0.15) is 11.5 Å². The van der Waals surface area contributed by atoms with Gasteiger partial charge in [0, 0.05) is 0 Å². The summed E-state index contributed by atoms with van der Waals surface area (Å²) >= 11 is 0. The fourth-order valence-corrected chi connectivity index (χ4v) is 3.67. The lowest BCUT2D eigenvalue weighted by Gasteiger charge is -2.15. The van der Waals surface area contributed by atoms with Gasteiger partial charge in [-0.15, -0.1) is 0 Å². The Hall–Kier alpha value is -2.07. The topological polar surface area (TPSA) is 55.8 Å². The number of ether oxygens (including phenoxy) is 2. The molecule has 0 saturated carbocycles. The summed E-state index contributed by atoms with van der Waals surface area (Å²) in [5.74, 6) is 0.315. The van der Waals surface area contributed by atoms with Crippen molar-refractivity contribution in [1.82, 2.24) is 0 Å². The minimum absolute atomic E-state index is 0.0225. The van der Waals surface area contributed by atoms with E-state index in [1.807, 2.05) is 37.3 Å². The van der Waals surface area contributed by atoms with Crippen LogP contribution < -0.4 is 4.74 Å². The first-order chi connectivity index (χ1) is 10.1. The van der Waals surface area contributed by atoms with Gasteiger partial charge in [-0.2, -0.15) is 0 Å². The molecule has 2 bridgehead atoms. The molecule has 0 aromatic heterocycles. The molecule has 4 atom stereocenters. The van der Waals surface area contributed by atoms with Gasteiger partial charge in [-0.25, -0.2) is 0 Å². The van der Waals surface area contributed by atoms with Crippen LogP contribution in [0.4, 0.5) is 0 Å². The minimum Gasteiger partial charge on any atom is -0.511 e. The Morgan fingerprint density at radius 2 is 1.90 bits per heavy atom. The van der Waals surface area contributed by atoms with E-state index in [0.29, 0.717) is 11.3 Å². The van der Waals surface area contributed by atoms with Gasteiger partial charge in [0.25, 0.3) is 0 Å². The molecule has 1 aromatic rings. The molecule has 4 nitrogen and oxygen atoms in total. The van der Waals surface area contributed by atoms with Gasteiger partial charge in [0.15, 0.2) is 5.78 Å². The van der Waals surface area contributed by atoms with Crippen LogP contribution in [-0.2, 0) is 9.53 Å². The van der Waals surface area contributed by atoms with Crippen LogP contribution in [0.2, 0.25) is 0 Å². The molecular formula is C17H16O4. The molecule has 1 saturated heterocycles. The summed E-state index contributed by atoms with van der Waals surface area (Å²) in [7, 11) is 1.59. The molecule has 1 N–H and O–H groups in total. The van der Waals surface area contributed by atoms with Crippen LogP contribution in [0.3, 0.4) is 0 Å². The fraction of sp³-hybridized carbons (Fsp3) is 0.353. The third-order valence-electron chi connectivity index (χ3n) is 4.73. The van der Waals surface area contributed by atoms with E-state index >= 15 is 0 Å². The van der Waals surface area contributed by atoms with Crippen LogP contribution in [0.25, 0.3) is 5.57 Å². The number of benzene rings is 1. The third kappa shape index (κ3) is 1.56. The predicted octanol–water partition coefficient (Wildman–Crippen LogP) is 2.43. The highest BCUT2D eigenvalue weighted by Gasteiger charge is 2.57. The Labute approximate surface area is 122 Å². The quantitative estimate of drug-likeness (QED) is 0.847. The summed E-state index contributed by atoms with van der Waals surface area (Å²) in [4.78, 5) is 12.8. The smallest absolute Gasteiger partial charge is 0.173 e. The number of carbonyl (C=O) groups excluding carboxylic acids is 1. The number of Topliss-reactive ketones (excluding diaryl/α,β-unsaturated/α-hetero) is 1. The first-order valence-electron chi connectivity index (χ1n) is 7.08. The summed E-state index contributed by atoms with van der Waals surface area (Å²) < 4.78 is 10.9. The van der Waals surface area contributed by atoms with Crippen LogP contribution in [-0.4, -0.2) is 30.2 Å². The van der Waals surface area contributed by atoms with Crippen molar-refractivity contribution in [2.24, 2.45) is 11.8 Å². The van der Waals surface area contributed by atoms with Crippen molar-refractivity contribution in [3.8, 4) is 5.75 Å². The number of fused-ring (bicyclic) bond motifs is 5. The molecule has 1 aromatic carbocycles. The highest BCUT2D eigenvalue weighted by atomic mass is 16.5. The lowest BCUT2D eigenvalue weighted by Crippen LogP contribution is -2.26. The van der Waals surface area contributed by atoms with Crippen molar-refractivity contribution in [2.45, 2.75) is 19.1 Å². The Kier molecular flexibility index (Phi) is 2.54. The molecule has 108 valence electrons. The summed E-state index contributed by atoms with van der Waals surface area (Å²) in [5.41, 5.74) is 2.14. The summed E-state index contributed by atoms with van der Waals surface area (Å²) in [5, 5.41) is 10.6. The number of methoxy groups -OCH3 is 1. The van der Waals surface area contributed by atoms with E-state index in [1.54, 1.807) is 7.11 Å². The largest absolute Gasteiger partial charge is 0.511 e. The fourth-order valence-electron chi connectivity index (χ4n) is 3.67. The van der Waals surface area contributed by atoms with Crippen LogP contribution in [0.15, 0.2) is 36.1 Å². The van der Waals surface area contributed by atoms with Gasteiger partial charge in [0.05, 0.1) is 36.7 Å². The van der Waals surface area contributed by atoms with Crippen molar-refractivity contribution < 1.29 is 19.4 Å². The first kappa shape index (κ1) is 12.7. The summed E-state index contributed by atoms with van der Waals surface area (Å²) in [6.45, 7) is 1.93. The van der Waals surface area contributed by atoms with Crippen molar-refractivity contribution >= 4 is 11.4 Å². The maximum Gasteiger partial charge on any atom is 0.173 e. The van der Waals surface area contributed by atoms with E-state index in [2.05, 4.69) is 0 Å². The molecule has 1 fully saturated rings. The van der Waals surface area contributed by atoms with E-state index < -0.39 is 0 Å². The molecule has 21 heavy (non-hydrogen) atoms. The summed E-state index contributed by atoms with van der Waals surface area (Å²) in [6, 6.07) is 5.57. The van der Waals surface area contributed by atoms with Crippen LogP contribution >= 0.6 is 0 Å². The molecule has 1 aliphatic carbocycles. The van der Waals surface area contributed by atoms with E-state index in [0.717, 1.165) is 11.1 Å². The number of rotatable bonds is 2. The van der Waals surface area contributed by atoms with E-state index in [1.165, 1.54) is 0 Å². The van der Waals surface area contributed by atoms with Crippen LogP contribution in [0.5, 0.6) is 5.75 Å². The van der Waals surface area contributed by atoms with Crippen molar-refractivity contribution in [1.29, 1.82) is 0 Å². The zero-order valence-corrected chi connectivity index (χ0v) is 11.9. The van der Waals surface area contributed by atoms with E-state index in [4.69, 9.17) is 9.47 Å². The molecule has 4 rings (SSSR count). The Morgan fingerprint density at radius 3 is 2.57 bits per heavy atom. The molecule has 2 aliphatic heterocycles. The lowest BCUT2D eigenvalue weighted by atomic mass is 9.84. The van der Waals surface area contributed by atoms with Gasteiger partial charge in [-0.3, -0.25) is 4.79 Å². The number of hydrogen-bond donors (Lipinski definition) is 1. The molecule has 0 amide bonds. The SMILES string of the molecule is COc1ccc(C)c(C2=C(O)C3C(C2=O)[C@@H]2C=C[C@H]3O2)c1. The number of hydrogen-bond acceptors (Lipinski definition) is 4. The van der Waals surface area contributed by atoms with E-state index in [9.17, 15) is 9.90 Å². The maximum atomic E-state index is 12.8. The van der Waals surface area contributed by atoms with Gasteiger partial charge in [0.2, 0.25) is 0 Å². The second kappa shape index (κ2) is 4.21. The standard InChI is InChI=1S/C17H16O4/c1-8-3-4-9(20-2)7-10(8)13-16(18)14-11-5-6-12(21-11)15(14)17(13)19/h3-7,11-12,14-15,18H,1-2H3/t11-,12+,14?,15?/m1/s1. The van der Waals surface area contributed by atoms with Gasteiger partial charge < -0.3 is 14.6 Å². The van der Waals surface area contributed by atoms with Crippen molar-refractivity contribution in [2.75, 3.05) is 7.11 Å². The number of carbonyl (C=O) groups is 1. The highest BCUT2D eigenvalue weighted by molar-refractivity contribution is 6.25. The molecule has 2 heterocycles. The average Bonchev–Trinajstić information content (AvgIpc) is 3.15. The van der Waals surface area contributed by atoms with Gasteiger partial charge in [-0.05, 0) is 30.2 Å². The second-order valence-electron chi connectivity index (χ2n) is 5.81. The average molecular weight is 284 g/mol. The highest BCUT2D eigenvalue weighted by Crippen LogP contribution is 2.51. The van der Waals surface area contributed by atoms with Crippen LogP contribution in [0.1, 0.15) is 11.1 Å². The number of ketones is 1. The molecule has 0 radical (unpaired) electrons. The Morgan fingerprint density at radius 1 is 1.19 bits per heavy atom. The van der Waals surface area contributed by atoms with Gasteiger partial charge in [-0.1, -0.05) is 18.2 Å². The number of aryl methyl sites for hydroxylation is 1. The predicted molar refractivity (Wildman–Crippen MR) is 77.1 cm³/mol. The Bertz CT molecular complexity index is 701. The first-order valence-corrected chi connectivity index (χ1v) is 7.08. The third-order valence-corrected chi connectivity index (χ3v) is 4.73. The number of aliphatic hydroxyl groups excluding tert-OH is 1. The molecule has 2 unspecified atom stereocenters.